The van der Waals surface area contributed by atoms with Crippen LogP contribution < -0.4 is 0 Å². The summed E-state index contributed by atoms with van der Waals surface area (Å²) in [5.41, 5.74) is 0.0221. The normalized spacial score (nSPS) is 17.1. The molecule has 0 bridgehead atoms. The molecule has 3 rings (SSSR count). The van der Waals surface area contributed by atoms with E-state index in [0.29, 0.717) is 16.1 Å². The number of aromatic nitrogens is 2. The molecule has 1 amide bonds. The molecule has 1 saturated carbocycles. The Balaban J connectivity index is 1.69. The maximum absolute atomic E-state index is 12.9. The molecule has 27 heavy (non-hydrogen) atoms. The van der Waals surface area contributed by atoms with Gasteiger partial charge in [0.25, 0.3) is 5.22 Å². The summed E-state index contributed by atoms with van der Waals surface area (Å²) < 4.78 is 5.67. The van der Waals surface area contributed by atoms with E-state index in [9.17, 15) is 10.1 Å². The summed E-state index contributed by atoms with van der Waals surface area (Å²) in [5, 5.41) is 18.2. The van der Waals surface area contributed by atoms with Crippen LogP contribution in [0.25, 0.3) is 11.5 Å². The molecule has 1 aromatic heterocycles. The number of carbonyl (C=O) groups is 1. The Morgan fingerprint density at radius 2 is 2.11 bits per heavy atom. The Kier molecular flexibility index (Phi) is 6.08. The molecule has 6 nitrogen and oxygen atoms in total. The third-order valence-corrected chi connectivity index (χ3v) is 6.12. The molecule has 0 saturated heterocycles. The van der Waals surface area contributed by atoms with Crippen molar-refractivity contribution in [2.75, 3.05) is 7.05 Å². The van der Waals surface area contributed by atoms with Crippen molar-refractivity contribution in [3.63, 3.8) is 0 Å². The first-order valence-electron chi connectivity index (χ1n) is 8.90. The Morgan fingerprint density at radius 1 is 1.37 bits per heavy atom. The van der Waals surface area contributed by atoms with Crippen LogP contribution in [0.15, 0.2) is 33.9 Å². The number of nitrogens with zero attached hydrogens (tertiary/aromatic N) is 4. The number of rotatable bonds is 5. The van der Waals surface area contributed by atoms with Gasteiger partial charge in [-0.3, -0.25) is 4.79 Å². The van der Waals surface area contributed by atoms with Crippen LogP contribution in [0.5, 0.6) is 0 Å². The maximum atomic E-state index is 12.9. The van der Waals surface area contributed by atoms with Gasteiger partial charge >= 0.3 is 0 Å². The van der Waals surface area contributed by atoms with Crippen molar-refractivity contribution >= 4 is 29.3 Å². The Hall–Kier alpha value is -2.04. The van der Waals surface area contributed by atoms with Crippen LogP contribution in [0.2, 0.25) is 5.02 Å². The van der Waals surface area contributed by atoms with E-state index < -0.39 is 10.8 Å². The molecule has 1 aliphatic rings. The molecule has 1 fully saturated rings. The topological polar surface area (TPSA) is 83.0 Å². The van der Waals surface area contributed by atoms with Crippen molar-refractivity contribution in [3.8, 4) is 17.5 Å². The van der Waals surface area contributed by atoms with Gasteiger partial charge in [-0.25, -0.2) is 0 Å². The van der Waals surface area contributed by atoms with Gasteiger partial charge in [0, 0.05) is 17.6 Å². The molecule has 0 aliphatic heterocycles. The zero-order valence-corrected chi connectivity index (χ0v) is 16.9. The highest BCUT2D eigenvalue weighted by atomic mass is 35.5. The van der Waals surface area contributed by atoms with Crippen molar-refractivity contribution in [1.82, 2.24) is 15.1 Å². The van der Waals surface area contributed by atoms with Gasteiger partial charge in [0.1, 0.15) is 5.54 Å². The van der Waals surface area contributed by atoms with E-state index in [2.05, 4.69) is 16.3 Å². The molecule has 1 aliphatic carbocycles. The number of nitriles is 1. The van der Waals surface area contributed by atoms with Crippen LogP contribution in [-0.2, 0) is 4.79 Å². The van der Waals surface area contributed by atoms with E-state index in [1.165, 1.54) is 11.8 Å². The first kappa shape index (κ1) is 19.7. The number of hydrogen-bond acceptors (Lipinski definition) is 6. The summed E-state index contributed by atoms with van der Waals surface area (Å²) >= 11 is 7.19. The van der Waals surface area contributed by atoms with Gasteiger partial charge in [-0.05, 0) is 38.0 Å². The standard InChI is InChI=1S/C19H21ClN4O2S/c1-13(17(25)24(2)19(12-21)9-4-3-5-10-19)27-18-23-22-16(26-18)14-7-6-8-15(20)11-14/h6-8,11,13H,3-5,9-10H2,1-2H3/t13-/m1/s1. The quantitative estimate of drug-likeness (QED) is 0.679. The van der Waals surface area contributed by atoms with Gasteiger partial charge in [0.15, 0.2) is 0 Å². The average Bonchev–Trinajstić information content (AvgIpc) is 3.15. The Bertz CT molecular complexity index is 857. The molecular formula is C19H21ClN4O2S. The van der Waals surface area contributed by atoms with E-state index >= 15 is 0 Å². The lowest BCUT2D eigenvalue weighted by Crippen LogP contribution is -2.52. The predicted octanol–water partition coefficient (Wildman–Crippen LogP) is 4.56. The largest absolute Gasteiger partial charge is 0.411 e. The van der Waals surface area contributed by atoms with Crippen molar-refractivity contribution in [3.05, 3.63) is 29.3 Å². The monoisotopic (exact) mass is 404 g/mol. The van der Waals surface area contributed by atoms with Gasteiger partial charge in [0.05, 0.1) is 11.3 Å². The highest BCUT2D eigenvalue weighted by Gasteiger charge is 2.40. The Morgan fingerprint density at radius 3 is 2.78 bits per heavy atom. The Labute approximate surface area is 167 Å². The second-order valence-corrected chi connectivity index (χ2v) is 8.47. The fraction of sp³-hybridized carbons (Fsp3) is 0.474. The van der Waals surface area contributed by atoms with E-state index in [1.807, 2.05) is 6.07 Å². The van der Waals surface area contributed by atoms with E-state index in [0.717, 1.165) is 37.7 Å². The van der Waals surface area contributed by atoms with Crippen LogP contribution in [0, 0.1) is 11.3 Å². The summed E-state index contributed by atoms with van der Waals surface area (Å²) in [6.45, 7) is 1.79. The summed E-state index contributed by atoms with van der Waals surface area (Å²) in [7, 11) is 1.72. The fourth-order valence-corrected chi connectivity index (χ4v) is 4.31. The lowest BCUT2D eigenvalue weighted by atomic mass is 9.81. The van der Waals surface area contributed by atoms with Crippen molar-refractivity contribution < 1.29 is 9.21 Å². The lowest BCUT2D eigenvalue weighted by Gasteiger charge is -2.39. The molecule has 2 aromatic rings. The molecule has 0 unspecified atom stereocenters. The van der Waals surface area contributed by atoms with Crippen LogP contribution in [0.3, 0.4) is 0 Å². The molecule has 1 atom stereocenters. The highest BCUT2D eigenvalue weighted by molar-refractivity contribution is 8.00. The number of thioether (sulfide) groups is 1. The second kappa shape index (κ2) is 8.32. The maximum Gasteiger partial charge on any atom is 0.277 e. The third kappa shape index (κ3) is 4.28. The fourth-order valence-electron chi connectivity index (χ4n) is 3.34. The summed E-state index contributed by atoms with van der Waals surface area (Å²) in [5.74, 6) is 0.250. The molecule has 1 aromatic carbocycles. The zero-order chi connectivity index (χ0) is 19.4. The minimum Gasteiger partial charge on any atom is -0.411 e. The number of carbonyl (C=O) groups excluding carboxylic acids is 1. The molecule has 8 heteroatoms. The van der Waals surface area contributed by atoms with Crippen molar-refractivity contribution in [2.45, 2.75) is 55.0 Å². The van der Waals surface area contributed by atoms with Gasteiger partial charge in [-0.2, -0.15) is 5.26 Å². The van der Waals surface area contributed by atoms with E-state index in [4.69, 9.17) is 16.0 Å². The molecule has 142 valence electrons. The van der Waals surface area contributed by atoms with E-state index in [1.54, 1.807) is 37.1 Å². The average molecular weight is 405 g/mol. The molecule has 0 N–H and O–H groups in total. The molecular weight excluding hydrogens is 384 g/mol. The van der Waals surface area contributed by atoms with Crippen LogP contribution in [-0.4, -0.2) is 38.8 Å². The third-order valence-electron chi connectivity index (χ3n) is 4.96. The molecule has 0 radical (unpaired) electrons. The number of halogens is 1. The van der Waals surface area contributed by atoms with Gasteiger partial charge in [0.2, 0.25) is 11.8 Å². The van der Waals surface area contributed by atoms with Gasteiger partial charge in [-0.15, -0.1) is 10.2 Å². The SMILES string of the molecule is C[C@@H](Sc1nnc(-c2cccc(Cl)c2)o1)C(=O)N(C)C1(C#N)CCCCC1. The zero-order valence-electron chi connectivity index (χ0n) is 15.3. The second-order valence-electron chi connectivity index (χ2n) is 6.74. The molecule has 1 heterocycles. The highest BCUT2D eigenvalue weighted by Crippen LogP contribution is 2.35. The molecule has 0 spiro atoms. The van der Waals surface area contributed by atoms with Crippen LogP contribution in [0.4, 0.5) is 0 Å². The number of amides is 1. The van der Waals surface area contributed by atoms with Gasteiger partial charge in [-0.1, -0.05) is 48.7 Å². The minimum atomic E-state index is -0.703. The number of hydrogen-bond donors (Lipinski definition) is 0. The first-order chi connectivity index (χ1) is 12.9. The minimum absolute atomic E-state index is 0.106. The lowest BCUT2D eigenvalue weighted by molar-refractivity contribution is -0.133. The van der Waals surface area contributed by atoms with E-state index in [-0.39, 0.29) is 5.91 Å². The summed E-state index contributed by atoms with van der Waals surface area (Å²) in [4.78, 5) is 14.5. The van der Waals surface area contributed by atoms with Crippen LogP contribution in [0.1, 0.15) is 39.0 Å². The first-order valence-corrected chi connectivity index (χ1v) is 10.2. The van der Waals surface area contributed by atoms with Crippen molar-refractivity contribution in [1.29, 1.82) is 5.26 Å². The van der Waals surface area contributed by atoms with Gasteiger partial charge < -0.3 is 9.32 Å². The summed E-state index contributed by atoms with van der Waals surface area (Å²) in [6, 6.07) is 9.53. The summed E-state index contributed by atoms with van der Waals surface area (Å²) in [6.07, 6.45) is 4.51. The predicted molar refractivity (Wildman–Crippen MR) is 104 cm³/mol. The van der Waals surface area contributed by atoms with Crippen molar-refractivity contribution in [2.24, 2.45) is 0 Å². The van der Waals surface area contributed by atoms with Crippen LogP contribution >= 0.6 is 23.4 Å². The smallest absolute Gasteiger partial charge is 0.277 e. The number of benzene rings is 1.